The zero-order chi connectivity index (χ0) is 10.8. The molecule has 1 unspecified atom stereocenters. The number of rotatable bonds is 2. The molecule has 0 aliphatic carbocycles. The minimum Gasteiger partial charge on any atom is -0.496 e. The number of aliphatic hydroxyl groups excluding tert-OH is 1. The van der Waals surface area contributed by atoms with Gasteiger partial charge in [-0.1, -0.05) is 12.1 Å². The minimum atomic E-state index is 0.00596. The highest BCUT2D eigenvalue weighted by atomic mass is 16.5. The maximum absolute atomic E-state index is 9.18. The average Bonchev–Trinajstić information content (AvgIpc) is 2.27. The topological polar surface area (TPSA) is 38.7 Å². The lowest BCUT2D eigenvalue weighted by atomic mass is 9.96. The Bertz CT molecular complexity index is 360. The van der Waals surface area contributed by atoms with Crippen LogP contribution < -0.4 is 4.74 Å². The molecule has 1 heterocycles. The Balaban J connectivity index is 2.46. The van der Waals surface area contributed by atoms with Gasteiger partial charge in [0.25, 0.3) is 0 Å². The predicted molar refractivity (Wildman–Crippen MR) is 56.9 cm³/mol. The van der Waals surface area contributed by atoms with Crippen LogP contribution in [0, 0.1) is 0 Å². The molecular formula is C12H16O3. The summed E-state index contributed by atoms with van der Waals surface area (Å²) in [6, 6.07) is 3.98. The zero-order valence-corrected chi connectivity index (χ0v) is 9.12. The molecule has 1 aromatic carbocycles. The summed E-state index contributed by atoms with van der Waals surface area (Å²) in [4.78, 5) is 0. The Morgan fingerprint density at radius 3 is 3.00 bits per heavy atom. The second-order valence-corrected chi connectivity index (χ2v) is 3.88. The van der Waals surface area contributed by atoms with Crippen LogP contribution >= 0.6 is 0 Å². The molecule has 0 radical (unpaired) electrons. The Labute approximate surface area is 89.6 Å². The number of benzene rings is 1. The van der Waals surface area contributed by atoms with E-state index in [1.165, 1.54) is 5.56 Å². The monoisotopic (exact) mass is 208 g/mol. The van der Waals surface area contributed by atoms with E-state index in [0.717, 1.165) is 23.3 Å². The molecule has 0 spiro atoms. The van der Waals surface area contributed by atoms with E-state index < -0.39 is 0 Å². The number of aliphatic hydroxyl groups is 1. The molecule has 3 nitrogen and oxygen atoms in total. The standard InChI is InChI=1S/C12H16O3/c1-8-5-9-3-4-10(6-13)12(14-2)11(9)7-15-8/h3-4,8,13H,5-7H2,1-2H3. The van der Waals surface area contributed by atoms with Crippen molar-refractivity contribution in [3.05, 3.63) is 28.8 Å². The maximum Gasteiger partial charge on any atom is 0.130 e. The fraction of sp³-hybridized carbons (Fsp3) is 0.500. The molecule has 1 aliphatic heterocycles. The smallest absolute Gasteiger partial charge is 0.130 e. The van der Waals surface area contributed by atoms with Gasteiger partial charge in [0, 0.05) is 11.1 Å². The van der Waals surface area contributed by atoms with E-state index in [4.69, 9.17) is 9.47 Å². The van der Waals surface area contributed by atoms with Crippen molar-refractivity contribution in [2.24, 2.45) is 0 Å². The van der Waals surface area contributed by atoms with Crippen molar-refractivity contribution < 1.29 is 14.6 Å². The molecule has 1 aromatic rings. The molecular weight excluding hydrogens is 192 g/mol. The van der Waals surface area contributed by atoms with E-state index in [9.17, 15) is 5.11 Å². The van der Waals surface area contributed by atoms with Crippen LogP contribution in [0.5, 0.6) is 5.75 Å². The number of methoxy groups -OCH3 is 1. The summed E-state index contributed by atoms with van der Waals surface area (Å²) >= 11 is 0. The van der Waals surface area contributed by atoms with Crippen molar-refractivity contribution >= 4 is 0 Å². The molecule has 2 rings (SSSR count). The van der Waals surface area contributed by atoms with Crippen LogP contribution in [-0.4, -0.2) is 18.3 Å². The molecule has 0 fully saturated rings. The third-order valence-corrected chi connectivity index (χ3v) is 2.83. The van der Waals surface area contributed by atoms with Crippen molar-refractivity contribution in [2.45, 2.75) is 32.7 Å². The van der Waals surface area contributed by atoms with Gasteiger partial charge in [0.05, 0.1) is 26.4 Å². The van der Waals surface area contributed by atoms with Gasteiger partial charge in [0.1, 0.15) is 5.75 Å². The Kier molecular flexibility index (Phi) is 2.93. The van der Waals surface area contributed by atoms with Gasteiger partial charge < -0.3 is 14.6 Å². The summed E-state index contributed by atoms with van der Waals surface area (Å²) in [7, 11) is 1.63. The van der Waals surface area contributed by atoms with Gasteiger partial charge in [0.2, 0.25) is 0 Å². The maximum atomic E-state index is 9.18. The third kappa shape index (κ3) is 1.85. The zero-order valence-electron chi connectivity index (χ0n) is 9.12. The van der Waals surface area contributed by atoms with Crippen molar-refractivity contribution in [1.29, 1.82) is 0 Å². The minimum absolute atomic E-state index is 0.00596. The summed E-state index contributed by atoms with van der Waals surface area (Å²) in [5.41, 5.74) is 3.18. The molecule has 1 atom stereocenters. The first-order valence-electron chi connectivity index (χ1n) is 5.16. The highest BCUT2D eigenvalue weighted by molar-refractivity contribution is 5.47. The van der Waals surface area contributed by atoms with Crippen molar-refractivity contribution in [3.8, 4) is 5.75 Å². The lowest BCUT2D eigenvalue weighted by Crippen LogP contribution is -2.20. The van der Waals surface area contributed by atoms with E-state index in [1.807, 2.05) is 6.07 Å². The summed E-state index contributed by atoms with van der Waals surface area (Å²) in [6.45, 7) is 2.65. The summed E-state index contributed by atoms with van der Waals surface area (Å²) in [5, 5.41) is 9.18. The second kappa shape index (κ2) is 4.21. The first kappa shape index (κ1) is 10.5. The third-order valence-electron chi connectivity index (χ3n) is 2.83. The van der Waals surface area contributed by atoms with Crippen LogP contribution in [0.2, 0.25) is 0 Å². The van der Waals surface area contributed by atoms with Gasteiger partial charge in [-0.05, 0) is 18.9 Å². The highest BCUT2D eigenvalue weighted by Gasteiger charge is 2.20. The first-order valence-corrected chi connectivity index (χ1v) is 5.16. The normalized spacial score (nSPS) is 19.8. The predicted octanol–water partition coefficient (Wildman–Crippen LogP) is 1.65. The van der Waals surface area contributed by atoms with Crippen molar-refractivity contribution in [1.82, 2.24) is 0 Å². The van der Waals surface area contributed by atoms with E-state index in [0.29, 0.717) is 6.61 Å². The second-order valence-electron chi connectivity index (χ2n) is 3.88. The molecule has 1 aliphatic rings. The van der Waals surface area contributed by atoms with Crippen molar-refractivity contribution in [3.63, 3.8) is 0 Å². The van der Waals surface area contributed by atoms with Crippen LogP contribution in [0.1, 0.15) is 23.6 Å². The quantitative estimate of drug-likeness (QED) is 0.803. The van der Waals surface area contributed by atoms with E-state index in [2.05, 4.69) is 13.0 Å². The van der Waals surface area contributed by atoms with Crippen LogP contribution in [0.15, 0.2) is 12.1 Å². The number of hydrogen-bond acceptors (Lipinski definition) is 3. The first-order chi connectivity index (χ1) is 7.26. The van der Waals surface area contributed by atoms with Crippen molar-refractivity contribution in [2.75, 3.05) is 7.11 Å². The number of hydrogen-bond donors (Lipinski definition) is 1. The van der Waals surface area contributed by atoms with E-state index in [-0.39, 0.29) is 12.7 Å². The molecule has 0 aromatic heterocycles. The summed E-state index contributed by atoms with van der Waals surface area (Å²) < 4.78 is 10.9. The fourth-order valence-corrected chi connectivity index (χ4v) is 2.04. The molecule has 82 valence electrons. The highest BCUT2D eigenvalue weighted by Crippen LogP contribution is 2.32. The molecule has 0 amide bonds. The number of fused-ring (bicyclic) bond motifs is 1. The lowest BCUT2D eigenvalue weighted by Gasteiger charge is -2.25. The van der Waals surface area contributed by atoms with Crippen LogP contribution in [0.3, 0.4) is 0 Å². The SMILES string of the molecule is COc1c(CO)ccc2c1COC(C)C2. The van der Waals surface area contributed by atoms with Gasteiger partial charge >= 0.3 is 0 Å². The Morgan fingerprint density at radius 2 is 2.33 bits per heavy atom. The molecule has 0 bridgehead atoms. The molecule has 0 saturated carbocycles. The fourth-order valence-electron chi connectivity index (χ4n) is 2.04. The van der Waals surface area contributed by atoms with Crippen LogP contribution in [-0.2, 0) is 24.4 Å². The molecule has 15 heavy (non-hydrogen) atoms. The summed E-state index contributed by atoms with van der Waals surface area (Å²) in [6.07, 6.45) is 1.18. The Hall–Kier alpha value is -1.06. The Morgan fingerprint density at radius 1 is 1.53 bits per heavy atom. The number of ether oxygens (including phenoxy) is 2. The van der Waals surface area contributed by atoms with E-state index >= 15 is 0 Å². The molecule has 0 saturated heterocycles. The van der Waals surface area contributed by atoms with Gasteiger partial charge in [-0.15, -0.1) is 0 Å². The van der Waals surface area contributed by atoms with Crippen LogP contribution in [0.25, 0.3) is 0 Å². The summed E-state index contributed by atoms with van der Waals surface area (Å²) in [5.74, 6) is 0.780. The van der Waals surface area contributed by atoms with Gasteiger partial charge in [-0.2, -0.15) is 0 Å². The van der Waals surface area contributed by atoms with Gasteiger partial charge in [-0.25, -0.2) is 0 Å². The van der Waals surface area contributed by atoms with Crippen LogP contribution in [0.4, 0.5) is 0 Å². The molecule has 3 heteroatoms. The van der Waals surface area contributed by atoms with E-state index in [1.54, 1.807) is 7.11 Å². The lowest BCUT2D eigenvalue weighted by molar-refractivity contribution is 0.0394. The van der Waals surface area contributed by atoms with Gasteiger partial charge in [-0.3, -0.25) is 0 Å². The largest absolute Gasteiger partial charge is 0.496 e. The van der Waals surface area contributed by atoms with Gasteiger partial charge in [0.15, 0.2) is 0 Å². The average molecular weight is 208 g/mol. The molecule has 1 N–H and O–H groups in total.